The maximum Gasteiger partial charge on any atom is 0.300 e. The fraction of sp³-hybridized carbons (Fsp3) is 0.471. The molecule has 0 spiro atoms. The van der Waals surface area contributed by atoms with Gasteiger partial charge in [-0.05, 0) is 37.9 Å². The first-order valence-corrected chi connectivity index (χ1v) is 7.89. The summed E-state index contributed by atoms with van der Waals surface area (Å²) in [4.78, 5) is 34.7. The SMILES string of the molecule is CC(=O)O.O=C1c2ccccc2C(=O)N1CCC1CCCCN1. The summed E-state index contributed by atoms with van der Waals surface area (Å²) in [5, 5.41) is 10.9. The van der Waals surface area contributed by atoms with Gasteiger partial charge in [0.1, 0.15) is 0 Å². The number of imide groups is 1. The number of hydrogen-bond donors (Lipinski definition) is 2. The maximum absolute atomic E-state index is 12.2. The summed E-state index contributed by atoms with van der Waals surface area (Å²) < 4.78 is 0. The van der Waals surface area contributed by atoms with Gasteiger partial charge in [0.15, 0.2) is 0 Å². The number of piperidine rings is 1. The van der Waals surface area contributed by atoms with Crippen molar-refractivity contribution in [3.63, 3.8) is 0 Å². The van der Waals surface area contributed by atoms with Gasteiger partial charge in [-0.15, -0.1) is 0 Å². The van der Waals surface area contributed by atoms with E-state index in [0.29, 0.717) is 23.7 Å². The molecule has 0 radical (unpaired) electrons. The molecule has 1 saturated heterocycles. The highest BCUT2D eigenvalue weighted by Crippen LogP contribution is 2.23. The predicted octanol–water partition coefficient (Wildman–Crippen LogP) is 1.91. The van der Waals surface area contributed by atoms with E-state index < -0.39 is 5.97 Å². The molecule has 1 aromatic rings. The number of benzene rings is 1. The van der Waals surface area contributed by atoms with E-state index in [-0.39, 0.29) is 11.8 Å². The number of fused-ring (bicyclic) bond motifs is 1. The number of nitrogens with zero attached hydrogens (tertiary/aromatic N) is 1. The monoisotopic (exact) mass is 318 g/mol. The van der Waals surface area contributed by atoms with E-state index in [2.05, 4.69) is 5.32 Å². The summed E-state index contributed by atoms with van der Waals surface area (Å²) in [6.45, 7) is 2.65. The minimum Gasteiger partial charge on any atom is -0.481 e. The van der Waals surface area contributed by atoms with Crippen LogP contribution >= 0.6 is 0 Å². The van der Waals surface area contributed by atoms with Gasteiger partial charge in [-0.1, -0.05) is 18.6 Å². The fourth-order valence-corrected chi connectivity index (χ4v) is 2.90. The minimum absolute atomic E-state index is 0.142. The molecule has 1 aromatic carbocycles. The topological polar surface area (TPSA) is 86.7 Å². The largest absolute Gasteiger partial charge is 0.481 e. The smallest absolute Gasteiger partial charge is 0.300 e. The number of rotatable bonds is 3. The number of aliphatic carboxylic acids is 1. The van der Waals surface area contributed by atoms with Gasteiger partial charge in [0.25, 0.3) is 17.8 Å². The van der Waals surface area contributed by atoms with Crippen molar-refractivity contribution in [3.05, 3.63) is 35.4 Å². The molecule has 23 heavy (non-hydrogen) atoms. The number of amides is 2. The highest BCUT2D eigenvalue weighted by atomic mass is 16.4. The van der Waals surface area contributed by atoms with Gasteiger partial charge in [-0.25, -0.2) is 0 Å². The third-order valence-corrected chi connectivity index (χ3v) is 3.99. The number of carbonyl (C=O) groups excluding carboxylic acids is 2. The summed E-state index contributed by atoms with van der Waals surface area (Å²) in [5.74, 6) is -1.12. The number of carboxylic acids is 1. The van der Waals surface area contributed by atoms with Crippen LogP contribution in [0.1, 0.15) is 53.3 Å². The van der Waals surface area contributed by atoms with E-state index in [4.69, 9.17) is 9.90 Å². The first kappa shape index (κ1) is 17.1. The molecule has 2 aliphatic rings. The van der Waals surface area contributed by atoms with Gasteiger partial charge in [-0.3, -0.25) is 19.3 Å². The maximum atomic E-state index is 12.2. The van der Waals surface area contributed by atoms with Crippen LogP contribution in [0.2, 0.25) is 0 Å². The van der Waals surface area contributed by atoms with Crippen LogP contribution in [0.25, 0.3) is 0 Å². The number of carboxylic acid groups (broad SMARTS) is 1. The molecular weight excluding hydrogens is 296 g/mol. The summed E-state index contributed by atoms with van der Waals surface area (Å²) in [5.41, 5.74) is 1.09. The Bertz CT molecular complexity index is 555. The first-order chi connectivity index (χ1) is 11.0. The molecule has 0 aromatic heterocycles. The molecule has 2 amide bonds. The Labute approximate surface area is 135 Å². The zero-order valence-corrected chi connectivity index (χ0v) is 13.2. The average molecular weight is 318 g/mol. The lowest BCUT2D eigenvalue weighted by Gasteiger charge is -2.25. The average Bonchev–Trinajstić information content (AvgIpc) is 2.78. The second-order valence-electron chi connectivity index (χ2n) is 5.76. The summed E-state index contributed by atoms with van der Waals surface area (Å²) in [6.07, 6.45) is 4.46. The third kappa shape index (κ3) is 4.39. The standard InChI is InChI=1S/C15H18N2O2.C2H4O2/c18-14-12-6-1-2-7-13(12)15(19)17(14)10-8-11-5-3-4-9-16-11;1-2(3)4/h1-2,6-7,11,16H,3-5,8-10H2;1H3,(H,3,4). The van der Waals surface area contributed by atoms with E-state index in [9.17, 15) is 9.59 Å². The van der Waals surface area contributed by atoms with Gasteiger partial charge in [0.05, 0.1) is 11.1 Å². The van der Waals surface area contributed by atoms with Gasteiger partial charge in [-0.2, -0.15) is 0 Å². The molecule has 1 unspecified atom stereocenters. The highest BCUT2D eigenvalue weighted by Gasteiger charge is 2.35. The van der Waals surface area contributed by atoms with Crippen LogP contribution < -0.4 is 5.32 Å². The van der Waals surface area contributed by atoms with Crippen molar-refractivity contribution >= 4 is 17.8 Å². The Morgan fingerprint density at radius 1 is 1.22 bits per heavy atom. The van der Waals surface area contributed by atoms with Crippen LogP contribution in [0.4, 0.5) is 0 Å². The van der Waals surface area contributed by atoms with Crippen molar-refractivity contribution in [2.45, 2.75) is 38.6 Å². The molecule has 0 saturated carbocycles. The van der Waals surface area contributed by atoms with Crippen molar-refractivity contribution in [1.82, 2.24) is 10.2 Å². The van der Waals surface area contributed by atoms with Crippen molar-refractivity contribution in [1.29, 1.82) is 0 Å². The Hall–Kier alpha value is -2.21. The normalized spacial score (nSPS) is 19.9. The van der Waals surface area contributed by atoms with Crippen LogP contribution in [0, 0.1) is 0 Å². The van der Waals surface area contributed by atoms with Gasteiger partial charge in [0, 0.05) is 19.5 Å². The fourth-order valence-electron chi connectivity index (χ4n) is 2.90. The quantitative estimate of drug-likeness (QED) is 0.831. The van der Waals surface area contributed by atoms with E-state index in [0.717, 1.165) is 26.3 Å². The molecule has 2 aliphatic heterocycles. The Balaban J connectivity index is 0.000000433. The second kappa shape index (κ2) is 7.87. The van der Waals surface area contributed by atoms with E-state index >= 15 is 0 Å². The first-order valence-electron chi connectivity index (χ1n) is 7.89. The lowest BCUT2D eigenvalue weighted by Crippen LogP contribution is -2.39. The molecule has 0 bridgehead atoms. The van der Waals surface area contributed by atoms with Crippen LogP contribution in [0.5, 0.6) is 0 Å². The minimum atomic E-state index is -0.833. The van der Waals surface area contributed by atoms with Crippen molar-refractivity contribution in [2.75, 3.05) is 13.1 Å². The lowest BCUT2D eigenvalue weighted by molar-refractivity contribution is -0.134. The van der Waals surface area contributed by atoms with E-state index in [1.807, 2.05) is 0 Å². The zero-order chi connectivity index (χ0) is 16.8. The van der Waals surface area contributed by atoms with Gasteiger partial charge >= 0.3 is 0 Å². The van der Waals surface area contributed by atoms with Crippen molar-refractivity contribution < 1.29 is 19.5 Å². The number of carbonyl (C=O) groups is 3. The molecule has 1 fully saturated rings. The van der Waals surface area contributed by atoms with Gasteiger partial charge < -0.3 is 10.4 Å². The molecule has 6 nitrogen and oxygen atoms in total. The summed E-state index contributed by atoms with van der Waals surface area (Å²) >= 11 is 0. The van der Waals surface area contributed by atoms with Crippen LogP contribution in [-0.4, -0.2) is 46.9 Å². The molecule has 124 valence electrons. The molecule has 2 N–H and O–H groups in total. The lowest BCUT2D eigenvalue weighted by atomic mass is 10.0. The van der Waals surface area contributed by atoms with Crippen molar-refractivity contribution in [3.8, 4) is 0 Å². The number of nitrogens with one attached hydrogen (secondary N) is 1. The highest BCUT2D eigenvalue weighted by molar-refractivity contribution is 6.21. The molecule has 3 rings (SSSR count). The molecular formula is C17H22N2O4. The predicted molar refractivity (Wildman–Crippen MR) is 85.4 cm³/mol. The van der Waals surface area contributed by atoms with E-state index in [1.54, 1.807) is 24.3 Å². The van der Waals surface area contributed by atoms with E-state index in [1.165, 1.54) is 17.7 Å². The Morgan fingerprint density at radius 2 is 1.78 bits per heavy atom. The molecule has 2 heterocycles. The molecule has 1 atom stereocenters. The van der Waals surface area contributed by atoms with Crippen LogP contribution in [0.15, 0.2) is 24.3 Å². The number of hydrogen-bond acceptors (Lipinski definition) is 4. The van der Waals surface area contributed by atoms with Crippen molar-refractivity contribution in [2.24, 2.45) is 0 Å². The second-order valence-corrected chi connectivity index (χ2v) is 5.76. The Morgan fingerprint density at radius 3 is 2.26 bits per heavy atom. The summed E-state index contributed by atoms with van der Waals surface area (Å²) in [7, 11) is 0. The Kier molecular flexibility index (Phi) is 5.87. The van der Waals surface area contributed by atoms with Crippen LogP contribution in [0.3, 0.4) is 0 Å². The molecule has 6 heteroatoms. The van der Waals surface area contributed by atoms with Gasteiger partial charge in [0.2, 0.25) is 0 Å². The third-order valence-electron chi connectivity index (χ3n) is 3.99. The summed E-state index contributed by atoms with van der Waals surface area (Å²) in [6, 6.07) is 7.51. The zero-order valence-electron chi connectivity index (χ0n) is 13.2. The molecule has 0 aliphatic carbocycles. The van der Waals surface area contributed by atoms with Crippen LogP contribution in [-0.2, 0) is 4.79 Å².